The number of ether oxygens (including phenoxy) is 3. The molecule has 5 atom stereocenters. The van der Waals surface area contributed by atoms with Crippen molar-refractivity contribution in [2.75, 3.05) is 20.4 Å². The molecule has 0 spiro atoms. The first-order valence-corrected chi connectivity index (χ1v) is 7.79. The number of aliphatic hydroxyl groups is 1. The van der Waals surface area contributed by atoms with Crippen LogP contribution >= 0.6 is 0 Å². The van der Waals surface area contributed by atoms with Crippen LogP contribution in [0.4, 0.5) is 0 Å². The van der Waals surface area contributed by atoms with E-state index in [1.807, 2.05) is 0 Å². The molecule has 2 bridgehead atoms. The van der Waals surface area contributed by atoms with Crippen molar-refractivity contribution in [3.63, 3.8) is 0 Å². The van der Waals surface area contributed by atoms with Crippen molar-refractivity contribution in [1.82, 2.24) is 4.90 Å². The number of rotatable bonds is 1. The van der Waals surface area contributed by atoms with Crippen LogP contribution in [0.2, 0.25) is 0 Å². The van der Waals surface area contributed by atoms with E-state index in [-0.39, 0.29) is 24.4 Å². The standard InChI is InChI=1S/C17H19NO4/c1-20-11-2-3-17-12-6-14-13(21-9-22-14)4-10(12)7-18(8-16(17)19)15(17)5-11/h2-4,6,11,15-16,19H,5,7-9H2,1H3/t11-,15?,16?,17+/m1/s1. The van der Waals surface area contributed by atoms with Crippen LogP contribution in [0.5, 0.6) is 11.5 Å². The Bertz CT molecular complexity index is 673. The third kappa shape index (κ3) is 1.44. The number of hydrogen-bond donors (Lipinski definition) is 1. The Balaban J connectivity index is 1.72. The van der Waals surface area contributed by atoms with E-state index in [0.29, 0.717) is 6.54 Å². The molecule has 1 fully saturated rings. The van der Waals surface area contributed by atoms with Gasteiger partial charge in [-0.15, -0.1) is 0 Å². The lowest BCUT2D eigenvalue weighted by Crippen LogP contribution is -2.52. The highest BCUT2D eigenvalue weighted by atomic mass is 16.7. The number of hydrogen-bond acceptors (Lipinski definition) is 5. The van der Waals surface area contributed by atoms with Crippen molar-refractivity contribution >= 4 is 0 Å². The van der Waals surface area contributed by atoms with Gasteiger partial charge < -0.3 is 19.3 Å². The van der Waals surface area contributed by atoms with Gasteiger partial charge in [-0.05, 0) is 29.7 Å². The molecule has 116 valence electrons. The van der Waals surface area contributed by atoms with Crippen molar-refractivity contribution in [1.29, 1.82) is 0 Å². The third-order valence-corrected chi connectivity index (χ3v) is 5.73. The minimum atomic E-state index is -0.395. The Labute approximate surface area is 129 Å². The summed E-state index contributed by atoms with van der Waals surface area (Å²) in [6, 6.07) is 4.44. The van der Waals surface area contributed by atoms with Crippen LogP contribution in [0.1, 0.15) is 17.5 Å². The van der Waals surface area contributed by atoms with Crippen molar-refractivity contribution < 1.29 is 19.3 Å². The summed E-state index contributed by atoms with van der Waals surface area (Å²) in [6.45, 7) is 1.83. The fourth-order valence-corrected chi connectivity index (χ4v) is 4.69. The molecule has 4 aliphatic rings. The summed E-state index contributed by atoms with van der Waals surface area (Å²) in [5.74, 6) is 1.61. The van der Waals surface area contributed by atoms with E-state index >= 15 is 0 Å². The van der Waals surface area contributed by atoms with Gasteiger partial charge in [0.1, 0.15) is 0 Å². The zero-order valence-electron chi connectivity index (χ0n) is 12.5. The van der Waals surface area contributed by atoms with E-state index in [1.165, 1.54) is 11.1 Å². The Hall–Kier alpha value is -1.56. The molecule has 1 N–H and O–H groups in total. The Morgan fingerprint density at radius 2 is 2.14 bits per heavy atom. The van der Waals surface area contributed by atoms with Crippen LogP contribution < -0.4 is 9.47 Å². The minimum absolute atomic E-state index is 0.126. The molecule has 3 aliphatic heterocycles. The molecule has 5 heteroatoms. The summed E-state index contributed by atoms with van der Waals surface area (Å²) < 4.78 is 16.6. The molecule has 1 saturated heterocycles. The van der Waals surface area contributed by atoms with E-state index in [4.69, 9.17) is 14.2 Å². The summed E-state index contributed by atoms with van der Waals surface area (Å²) >= 11 is 0. The van der Waals surface area contributed by atoms with Gasteiger partial charge in [0.25, 0.3) is 0 Å². The van der Waals surface area contributed by atoms with Gasteiger partial charge in [-0.25, -0.2) is 0 Å². The van der Waals surface area contributed by atoms with Crippen molar-refractivity contribution in [3.05, 3.63) is 35.4 Å². The Morgan fingerprint density at radius 1 is 1.32 bits per heavy atom. The maximum Gasteiger partial charge on any atom is 0.231 e. The molecular weight excluding hydrogens is 282 g/mol. The fourth-order valence-electron chi connectivity index (χ4n) is 4.69. The zero-order chi connectivity index (χ0) is 14.9. The smallest absolute Gasteiger partial charge is 0.231 e. The van der Waals surface area contributed by atoms with Crippen LogP contribution in [0.3, 0.4) is 0 Å². The van der Waals surface area contributed by atoms with Crippen LogP contribution in [-0.4, -0.2) is 48.7 Å². The van der Waals surface area contributed by atoms with Crippen molar-refractivity contribution in [2.24, 2.45) is 0 Å². The molecule has 0 radical (unpaired) electrons. The van der Waals surface area contributed by atoms with E-state index in [2.05, 4.69) is 29.2 Å². The van der Waals surface area contributed by atoms with Crippen LogP contribution in [0.25, 0.3) is 0 Å². The molecule has 1 aromatic rings. The van der Waals surface area contributed by atoms with Crippen molar-refractivity contribution in [3.8, 4) is 11.5 Å². The number of fused-ring (bicyclic) bond motifs is 2. The van der Waals surface area contributed by atoms with E-state index < -0.39 is 6.10 Å². The lowest BCUT2D eigenvalue weighted by atomic mass is 9.65. The van der Waals surface area contributed by atoms with Gasteiger partial charge in [-0.2, -0.15) is 0 Å². The molecule has 22 heavy (non-hydrogen) atoms. The van der Waals surface area contributed by atoms with Gasteiger partial charge in [0.05, 0.1) is 17.6 Å². The van der Waals surface area contributed by atoms with Gasteiger partial charge >= 0.3 is 0 Å². The maximum absolute atomic E-state index is 10.8. The molecule has 5 nitrogen and oxygen atoms in total. The van der Waals surface area contributed by atoms with Gasteiger partial charge in [0.15, 0.2) is 11.5 Å². The van der Waals surface area contributed by atoms with E-state index in [9.17, 15) is 5.11 Å². The summed E-state index contributed by atoms with van der Waals surface area (Å²) in [5.41, 5.74) is 2.08. The quantitative estimate of drug-likeness (QED) is 0.790. The topological polar surface area (TPSA) is 51.2 Å². The van der Waals surface area contributed by atoms with Crippen LogP contribution in [-0.2, 0) is 16.7 Å². The second-order valence-corrected chi connectivity index (χ2v) is 6.63. The van der Waals surface area contributed by atoms with E-state index in [0.717, 1.165) is 24.5 Å². The lowest BCUT2D eigenvalue weighted by molar-refractivity contribution is 0.0660. The summed E-state index contributed by atoms with van der Waals surface area (Å²) in [7, 11) is 1.75. The molecule has 0 aromatic heterocycles. The monoisotopic (exact) mass is 301 g/mol. The van der Waals surface area contributed by atoms with Crippen LogP contribution in [0, 0.1) is 0 Å². The highest BCUT2D eigenvalue weighted by Gasteiger charge is 2.58. The normalized spacial score (nSPS) is 40.5. The molecule has 3 heterocycles. The Morgan fingerprint density at radius 3 is 2.95 bits per heavy atom. The first-order valence-electron chi connectivity index (χ1n) is 7.79. The predicted octanol–water partition coefficient (Wildman–Crippen LogP) is 1.19. The summed E-state index contributed by atoms with van der Waals surface area (Å²) in [4.78, 5) is 2.38. The number of nitrogens with zero attached hydrogens (tertiary/aromatic N) is 1. The average Bonchev–Trinajstić information content (AvgIpc) is 3.06. The highest BCUT2D eigenvalue weighted by Crippen LogP contribution is 2.53. The van der Waals surface area contributed by atoms with E-state index in [1.54, 1.807) is 7.11 Å². The number of aliphatic hydroxyl groups excluding tert-OH is 1. The Kier molecular flexibility index (Phi) is 2.50. The third-order valence-electron chi connectivity index (χ3n) is 5.73. The average molecular weight is 301 g/mol. The maximum atomic E-state index is 10.8. The zero-order valence-corrected chi connectivity index (χ0v) is 12.5. The summed E-state index contributed by atoms with van der Waals surface area (Å²) in [5, 5.41) is 10.8. The molecule has 0 amide bonds. The molecular formula is C17H19NO4. The van der Waals surface area contributed by atoms with Gasteiger partial charge in [-0.1, -0.05) is 12.2 Å². The number of methoxy groups -OCH3 is 1. The SMILES string of the molecule is CO[C@@H]1C=C[C@@]23c4cc5c(cc4CN(CC2O)C3C1)OCO5. The first kappa shape index (κ1) is 12.9. The van der Waals surface area contributed by atoms with Crippen molar-refractivity contribution in [2.45, 2.75) is 36.6 Å². The lowest BCUT2D eigenvalue weighted by Gasteiger charge is -2.46. The van der Waals surface area contributed by atoms with Gasteiger partial charge in [0.2, 0.25) is 6.79 Å². The first-order chi connectivity index (χ1) is 10.7. The number of benzene rings is 1. The molecule has 5 rings (SSSR count). The van der Waals surface area contributed by atoms with Gasteiger partial charge in [-0.3, -0.25) is 4.90 Å². The minimum Gasteiger partial charge on any atom is -0.454 e. The largest absolute Gasteiger partial charge is 0.454 e. The fraction of sp³-hybridized carbons (Fsp3) is 0.529. The molecule has 1 aromatic carbocycles. The summed E-state index contributed by atoms with van der Waals surface area (Å²) in [6.07, 6.45) is 4.91. The second kappa shape index (κ2) is 4.25. The molecule has 1 aliphatic carbocycles. The molecule has 3 unspecified atom stereocenters. The molecule has 0 saturated carbocycles. The highest BCUT2D eigenvalue weighted by molar-refractivity contribution is 5.56. The second-order valence-electron chi connectivity index (χ2n) is 6.63. The van der Waals surface area contributed by atoms with Crippen LogP contribution in [0.15, 0.2) is 24.3 Å². The predicted molar refractivity (Wildman–Crippen MR) is 79.0 cm³/mol. The van der Waals surface area contributed by atoms with Gasteiger partial charge in [0, 0.05) is 26.2 Å².